The molecule has 5 heteroatoms. The van der Waals surface area contributed by atoms with Gasteiger partial charge in [-0.1, -0.05) is 23.3 Å². The van der Waals surface area contributed by atoms with E-state index in [-0.39, 0.29) is 0 Å². The summed E-state index contributed by atoms with van der Waals surface area (Å²) in [6.07, 6.45) is 2.32. The van der Waals surface area contributed by atoms with Crippen molar-refractivity contribution in [1.29, 1.82) is 0 Å². The average molecular weight is 269 g/mol. The molecule has 1 aliphatic carbocycles. The third-order valence-corrected chi connectivity index (χ3v) is 3.68. The van der Waals surface area contributed by atoms with E-state index in [9.17, 15) is 0 Å². The third kappa shape index (κ3) is 1.95. The van der Waals surface area contributed by atoms with Crippen LogP contribution in [-0.4, -0.2) is 10.2 Å². The summed E-state index contributed by atoms with van der Waals surface area (Å²) in [7, 11) is 0. The summed E-state index contributed by atoms with van der Waals surface area (Å²) in [6.45, 7) is 2.59. The highest BCUT2D eigenvalue weighted by atomic mass is 16.4. The van der Waals surface area contributed by atoms with E-state index in [0.717, 1.165) is 41.0 Å². The Labute approximate surface area is 116 Å². The Balaban J connectivity index is 1.56. The van der Waals surface area contributed by atoms with E-state index in [2.05, 4.69) is 21.6 Å². The van der Waals surface area contributed by atoms with Gasteiger partial charge in [0.1, 0.15) is 11.3 Å². The van der Waals surface area contributed by atoms with E-state index >= 15 is 0 Å². The molecule has 3 aromatic rings. The first kappa shape index (κ1) is 11.5. The second kappa shape index (κ2) is 4.37. The van der Waals surface area contributed by atoms with E-state index in [1.807, 2.05) is 25.1 Å². The Morgan fingerprint density at radius 2 is 2.05 bits per heavy atom. The first-order valence-corrected chi connectivity index (χ1v) is 6.85. The molecule has 0 atom stereocenters. The lowest BCUT2D eigenvalue weighted by Crippen LogP contribution is -2.00. The number of aryl methyl sites for hydroxylation is 1. The SMILES string of the molecule is Cc1oc2ccccc2c1CNc1nnc(C2CC2)o1. The van der Waals surface area contributed by atoms with Crippen LogP contribution < -0.4 is 5.32 Å². The van der Waals surface area contributed by atoms with Gasteiger partial charge in [0, 0.05) is 23.4 Å². The Morgan fingerprint density at radius 1 is 1.20 bits per heavy atom. The van der Waals surface area contributed by atoms with E-state index in [0.29, 0.717) is 18.5 Å². The number of aromatic nitrogens is 2. The topological polar surface area (TPSA) is 64.1 Å². The summed E-state index contributed by atoms with van der Waals surface area (Å²) in [5.74, 6) is 2.15. The van der Waals surface area contributed by atoms with Crippen LogP contribution >= 0.6 is 0 Å². The highest BCUT2D eigenvalue weighted by Gasteiger charge is 2.29. The summed E-state index contributed by atoms with van der Waals surface area (Å²) in [6, 6.07) is 8.51. The van der Waals surface area contributed by atoms with Crippen molar-refractivity contribution < 1.29 is 8.83 Å². The number of nitrogens with one attached hydrogen (secondary N) is 1. The molecule has 1 aliphatic rings. The second-order valence-corrected chi connectivity index (χ2v) is 5.21. The number of anilines is 1. The molecular weight excluding hydrogens is 254 g/mol. The zero-order chi connectivity index (χ0) is 13.5. The van der Waals surface area contributed by atoms with Crippen LogP contribution in [0.5, 0.6) is 0 Å². The quantitative estimate of drug-likeness (QED) is 0.783. The van der Waals surface area contributed by atoms with Gasteiger partial charge in [0.25, 0.3) is 0 Å². The van der Waals surface area contributed by atoms with Gasteiger partial charge in [-0.15, -0.1) is 5.10 Å². The van der Waals surface area contributed by atoms with Crippen LogP contribution in [0.15, 0.2) is 33.1 Å². The fourth-order valence-electron chi connectivity index (χ4n) is 2.41. The highest BCUT2D eigenvalue weighted by molar-refractivity contribution is 5.82. The summed E-state index contributed by atoms with van der Waals surface area (Å²) >= 11 is 0. The van der Waals surface area contributed by atoms with Gasteiger partial charge in [-0.05, 0) is 25.8 Å². The van der Waals surface area contributed by atoms with Gasteiger partial charge in [0.05, 0.1) is 0 Å². The largest absolute Gasteiger partial charge is 0.461 e. The van der Waals surface area contributed by atoms with E-state index in [1.165, 1.54) is 0 Å². The maximum atomic E-state index is 5.73. The van der Waals surface area contributed by atoms with Crippen molar-refractivity contribution in [2.45, 2.75) is 32.2 Å². The molecule has 0 aliphatic heterocycles. The standard InChI is InChI=1S/C15H15N3O2/c1-9-12(11-4-2-3-5-13(11)19-9)8-16-15-18-17-14(20-15)10-6-7-10/h2-5,10H,6-8H2,1H3,(H,16,18). The molecule has 20 heavy (non-hydrogen) atoms. The molecule has 2 aromatic heterocycles. The number of fused-ring (bicyclic) bond motifs is 1. The lowest BCUT2D eigenvalue weighted by molar-refractivity contribution is 0.506. The molecule has 1 aromatic carbocycles. The fraction of sp³-hybridized carbons (Fsp3) is 0.333. The molecular formula is C15H15N3O2. The molecule has 0 unspecified atom stereocenters. The van der Waals surface area contributed by atoms with E-state index in [1.54, 1.807) is 0 Å². The summed E-state index contributed by atoms with van der Waals surface area (Å²) < 4.78 is 11.3. The zero-order valence-electron chi connectivity index (χ0n) is 11.2. The van der Waals surface area contributed by atoms with Crippen LogP contribution in [0, 0.1) is 6.92 Å². The maximum Gasteiger partial charge on any atom is 0.315 e. The molecule has 0 radical (unpaired) electrons. The van der Waals surface area contributed by atoms with Gasteiger partial charge < -0.3 is 14.2 Å². The molecule has 1 saturated carbocycles. The predicted molar refractivity (Wildman–Crippen MR) is 74.6 cm³/mol. The first-order chi connectivity index (χ1) is 9.81. The third-order valence-electron chi connectivity index (χ3n) is 3.68. The fourth-order valence-corrected chi connectivity index (χ4v) is 2.41. The molecule has 102 valence electrons. The molecule has 0 amide bonds. The number of benzene rings is 1. The van der Waals surface area contributed by atoms with Crippen LogP contribution in [0.25, 0.3) is 11.0 Å². The van der Waals surface area contributed by atoms with Crippen molar-refractivity contribution in [2.75, 3.05) is 5.32 Å². The number of rotatable bonds is 4. The minimum atomic E-state index is 0.481. The van der Waals surface area contributed by atoms with Crippen LogP contribution in [0.1, 0.15) is 36.0 Å². The summed E-state index contributed by atoms with van der Waals surface area (Å²) in [5.41, 5.74) is 2.04. The summed E-state index contributed by atoms with van der Waals surface area (Å²) in [4.78, 5) is 0. The zero-order valence-corrected chi connectivity index (χ0v) is 11.2. The minimum Gasteiger partial charge on any atom is -0.461 e. The Hall–Kier alpha value is -2.30. The van der Waals surface area contributed by atoms with Crippen LogP contribution in [0.3, 0.4) is 0 Å². The van der Waals surface area contributed by atoms with Crippen molar-refractivity contribution in [3.8, 4) is 0 Å². The van der Waals surface area contributed by atoms with Gasteiger partial charge in [0.15, 0.2) is 0 Å². The Bertz CT molecular complexity index is 755. The summed E-state index contributed by atoms with van der Waals surface area (Å²) in [5, 5.41) is 12.4. The average Bonchev–Trinajstić information content (AvgIpc) is 3.11. The van der Waals surface area contributed by atoms with Gasteiger partial charge in [-0.2, -0.15) is 0 Å². The van der Waals surface area contributed by atoms with Crippen LogP contribution in [0.4, 0.5) is 6.01 Å². The predicted octanol–water partition coefficient (Wildman–Crippen LogP) is 3.61. The molecule has 5 nitrogen and oxygen atoms in total. The van der Waals surface area contributed by atoms with Gasteiger partial charge in [-0.25, -0.2) is 0 Å². The van der Waals surface area contributed by atoms with Gasteiger partial charge in [0.2, 0.25) is 5.89 Å². The molecule has 2 heterocycles. The minimum absolute atomic E-state index is 0.481. The van der Waals surface area contributed by atoms with Crippen molar-refractivity contribution in [3.05, 3.63) is 41.5 Å². The van der Waals surface area contributed by atoms with Crippen LogP contribution in [-0.2, 0) is 6.54 Å². The van der Waals surface area contributed by atoms with Gasteiger partial charge >= 0.3 is 6.01 Å². The second-order valence-electron chi connectivity index (χ2n) is 5.21. The molecule has 4 rings (SSSR count). The normalized spacial score (nSPS) is 14.8. The van der Waals surface area contributed by atoms with Crippen molar-refractivity contribution >= 4 is 17.0 Å². The number of nitrogens with zero attached hydrogens (tertiary/aromatic N) is 2. The lowest BCUT2D eigenvalue weighted by atomic mass is 10.1. The molecule has 1 N–H and O–H groups in total. The first-order valence-electron chi connectivity index (χ1n) is 6.85. The number of hydrogen-bond donors (Lipinski definition) is 1. The van der Waals surface area contributed by atoms with Crippen LogP contribution in [0.2, 0.25) is 0 Å². The van der Waals surface area contributed by atoms with E-state index < -0.39 is 0 Å². The number of furan rings is 1. The maximum absolute atomic E-state index is 5.73. The molecule has 1 fully saturated rings. The smallest absolute Gasteiger partial charge is 0.315 e. The van der Waals surface area contributed by atoms with Crippen molar-refractivity contribution in [2.24, 2.45) is 0 Å². The van der Waals surface area contributed by atoms with E-state index in [4.69, 9.17) is 8.83 Å². The lowest BCUT2D eigenvalue weighted by Gasteiger charge is -2.00. The molecule has 0 saturated heterocycles. The highest BCUT2D eigenvalue weighted by Crippen LogP contribution is 2.39. The molecule has 0 spiro atoms. The molecule has 0 bridgehead atoms. The number of para-hydroxylation sites is 1. The monoisotopic (exact) mass is 269 g/mol. The Kier molecular flexibility index (Phi) is 2.52. The van der Waals surface area contributed by atoms with Crippen molar-refractivity contribution in [1.82, 2.24) is 10.2 Å². The van der Waals surface area contributed by atoms with Gasteiger partial charge in [-0.3, -0.25) is 0 Å². The Morgan fingerprint density at radius 3 is 2.90 bits per heavy atom. The van der Waals surface area contributed by atoms with Crippen molar-refractivity contribution in [3.63, 3.8) is 0 Å². The number of hydrogen-bond acceptors (Lipinski definition) is 5.